The molecule has 0 aromatic heterocycles. The van der Waals surface area contributed by atoms with Gasteiger partial charge in [-0.25, -0.2) is 8.42 Å². The summed E-state index contributed by atoms with van der Waals surface area (Å²) in [4.78, 5) is 29.3. The zero-order valence-corrected chi connectivity index (χ0v) is 25.4. The van der Waals surface area contributed by atoms with Gasteiger partial charge in [0.2, 0.25) is 11.8 Å². The minimum absolute atomic E-state index is 0.0210. The van der Waals surface area contributed by atoms with Crippen molar-refractivity contribution in [1.82, 2.24) is 10.2 Å². The standard InChI is InChI=1S/C32H38ClN3O4S/c1-4-30(32(38)34-27-13-7-8-14-27)35(21-25-12-6-5-11-24(25)3)31(37)22-36(28-15-9-10-23(2)20-28)41(39,40)29-18-16-26(33)17-19-29/h5-6,9-12,15-20,27,30H,4,7-8,13-14,21-22H2,1-3H3,(H,34,38). The summed E-state index contributed by atoms with van der Waals surface area (Å²) in [7, 11) is -4.14. The van der Waals surface area contributed by atoms with Gasteiger partial charge in [-0.3, -0.25) is 13.9 Å². The zero-order valence-electron chi connectivity index (χ0n) is 23.8. The van der Waals surface area contributed by atoms with E-state index in [9.17, 15) is 18.0 Å². The van der Waals surface area contributed by atoms with Crippen LogP contribution in [0.1, 0.15) is 55.7 Å². The molecule has 7 nitrogen and oxygen atoms in total. The molecule has 1 saturated carbocycles. The monoisotopic (exact) mass is 595 g/mol. The van der Waals surface area contributed by atoms with Crippen LogP contribution in [-0.4, -0.2) is 43.8 Å². The fourth-order valence-electron chi connectivity index (χ4n) is 5.30. The molecule has 3 aromatic carbocycles. The van der Waals surface area contributed by atoms with Crippen molar-refractivity contribution in [3.63, 3.8) is 0 Å². The fourth-order valence-corrected chi connectivity index (χ4v) is 6.84. The highest BCUT2D eigenvalue weighted by Crippen LogP contribution is 2.27. The van der Waals surface area contributed by atoms with Gasteiger partial charge < -0.3 is 10.2 Å². The Hall–Kier alpha value is -3.36. The smallest absolute Gasteiger partial charge is 0.264 e. The van der Waals surface area contributed by atoms with Crippen LogP contribution in [0.3, 0.4) is 0 Å². The van der Waals surface area contributed by atoms with Crippen molar-refractivity contribution in [3.05, 3.63) is 94.5 Å². The van der Waals surface area contributed by atoms with Crippen molar-refractivity contribution in [2.24, 2.45) is 0 Å². The van der Waals surface area contributed by atoms with Crippen LogP contribution in [0.15, 0.2) is 77.7 Å². The summed E-state index contributed by atoms with van der Waals surface area (Å²) in [5.41, 5.74) is 3.11. The molecular weight excluding hydrogens is 558 g/mol. The maximum absolute atomic E-state index is 14.2. The van der Waals surface area contributed by atoms with Gasteiger partial charge in [0.1, 0.15) is 12.6 Å². The van der Waals surface area contributed by atoms with Gasteiger partial charge >= 0.3 is 0 Å². The number of hydrogen-bond acceptors (Lipinski definition) is 4. The van der Waals surface area contributed by atoms with Gasteiger partial charge in [0, 0.05) is 17.6 Å². The van der Waals surface area contributed by atoms with E-state index in [0.29, 0.717) is 17.1 Å². The summed E-state index contributed by atoms with van der Waals surface area (Å²) in [6, 6.07) is 20.0. The molecular formula is C32H38ClN3O4S. The van der Waals surface area contributed by atoms with Gasteiger partial charge in [-0.15, -0.1) is 0 Å². The minimum Gasteiger partial charge on any atom is -0.352 e. The first kappa shape index (κ1) is 30.6. The molecule has 3 aromatic rings. The number of carbonyl (C=O) groups is 2. The Morgan fingerprint density at radius 2 is 1.66 bits per heavy atom. The third kappa shape index (κ3) is 7.49. The quantitative estimate of drug-likeness (QED) is 0.294. The highest BCUT2D eigenvalue weighted by Gasteiger charge is 2.34. The van der Waals surface area contributed by atoms with Crippen molar-refractivity contribution in [1.29, 1.82) is 0 Å². The lowest BCUT2D eigenvalue weighted by Crippen LogP contribution is -2.53. The van der Waals surface area contributed by atoms with E-state index in [4.69, 9.17) is 11.6 Å². The van der Waals surface area contributed by atoms with Gasteiger partial charge in [0.15, 0.2) is 0 Å². The molecule has 1 aliphatic carbocycles. The normalized spacial score (nSPS) is 14.4. The van der Waals surface area contributed by atoms with Crippen LogP contribution in [-0.2, 0) is 26.2 Å². The molecule has 0 bridgehead atoms. The number of aryl methyl sites for hydroxylation is 2. The Bertz CT molecular complexity index is 1470. The molecule has 1 unspecified atom stereocenters. The molecule has 218 valence electrons. The number of halogens is 1. The van der Waals surface area contributed by atoms with Crippen molar-refractivity contribution < 1.29 is 18.0 Å². The molecule has 4 rings (SSSR count). The lowest BCUT2D eigenvalue weighted by molar-refractivity contribution is -0.140. The molecule has 0 spiro atoms. The average molecular weight is 596 g/mol. The van der Waals surface area contributed by atoms with E-state index in [0.717, 1.165) is 46.7 Å². The van der Waals surface area contributed by atoms with Crippen LogP contribution in [0, 0.1) is 13.8 Å². The highest BCUT2D eigenvalue weighted by molar-refractivity contribution is 7.92. The number of hydrogen-bond donors (Lipinski definition) is 1. The summed E-state index contributed by atoms with van der Waals surface area (Å²) < 4.78 is 29.0. The first-order chi connectivity index (χ1) is 19.6. The molecule has 41 heavy (non-hydrogen) atoms. The number of nitrogens with one attached hydrogen (secondary N) is 1. The van der Waals surface area contributed by atoms with E-state index in [1.165, 1.54) is 29.2 Å². The third-order valence-corrected chi connectivity index (χ3v) is 9.70. The Labute approximate surface area is 248 Å². The number of benzene rings is 3. The third-order valence-electron chi connectivity index (χ3n) is 7.66. The van der Waals surface area contributed by atoms with Crippen molar-refractivity contribution in [2.75, 3.05) is 10.8 Å². The highest BCUT2D eigenvalue weighted by atomic mass is 35.5. The second-order valence-corrected chi connectivity index (χ2v) is 13.0. The van der Waals surface area contributed by atoms with Crippen molar-refractivity contribution in [3.8, 4) is 0 Å². The van der Waals surface area contributed by atoms with E-state index in [1.54, 1.807) is 18.2 Å². The molecule has 1 atom stereocenters. The molecule has 1 fully saturated rings. The molecule has 1 aliphatic rings. The molecule has 1 N–H and O–H groups in total. The number of anilines is 1. The summed E-state index contributed by atoms with van der Waals surface area (Å²) in [5.74, 6) is -0.662. The first-order valence-corrected chi connectivity index (χ1v) is 15.9. The fraction of sp³-hybridized carbons (Fsp3) is 0.375. The summed E-state index contributed by atoms with van der Waals surface area (Å²) >= 11 is 6.03. The minimum atomic E-state index is -4.14. The van der Waals surface area contributed by atoms with Crippen LogP contribution in [0.4, 0.5) is 5.69 Å². The summed E-state index contributed by atoms with van der Waals surface area (Å²) in [5, 5.41) is 3.55. The van der Waals surface area contributed by atoms with E-state index in [1.807, 2.05) is 51.1 Å². The van der Waals surface area contributed by atoms with Gasteiger partial charge in [0.05, 0.1) is 10.6 Å². The first-order valence-electron chi connectivity index (χ1n) is 14.1. The molecule has 0 radical (unpaired) electrons. The SMILES string of the molecule is CCC(C(=O)NC1CCCC1)N(Cc1ccccc1C)C(=O)CN(c1cccc(C)c1)S(=O)(=O)c1ccc(Cl)cc1. The number of sulfonamides is 1. The average Bonchev–Trinajstić information content (AvgIpc) is 3.45. The molecule has 0 aliphatic heterocycles. The van der Waals surface area contributed by atoms with Crippen LogP contribution in [0.2, 0.25) is 5.02 Å². The Morgan fingerprint density at radius 1 is 0.976 bits per heavy atom. The van der Waals surface area contributed by atoms with Gasteiger partial charge in [0.25, 0.3) is 10.0 Å². The van der Waals surface area contributed by atoms with Gasteiger partial charge in [-0.05, 0) is 86.2 Å². The van der Waals surface area contributed by atoms with Gasteiger partial charge in [-0.1, -0.05) is 67.8 Å². The van der Waals surface area contributed by atoms with Crippen LogP contribution >= 0.6 is 11.6 Å². The topological polar surface area (TPSA) is 86.8 Å². The maximum Gasteiger partial charge on any atom is 0.264 e. The second kappa shape index (κ2) is 13.5. The number of nitrogens with zero attached hydrogens (tertiary/aromatic N) is 2. The Kier molecular flexibility index (Phi) is 10.1. The predicted molar refractivity (Wildman–Crippen MR) is 163 cm³/mol. The lowest BCUT2D eigenvalue weighted by atomic mass is 10.1. The van der Waals surface area contributed by atoms with Crippen molar-refractivity contribution in [2.45, 2.75) is 76.4 Å². The maximum atomic E-state index is 14.2. The van der Waals surface area contributed by atoms with Crippen molar-refractivity contribution >= 4 is 39.1 Å². The van der Waals surface area contributed by atoms with Crippen LogP contribution in [0.25, 0.3) is 0 Å². The molecule has 0 saturated heterocycles. The predicted octanol–water partition coefficient (Wildman–Crippen LogP) is 6.02. The van der Waals surface area contributed by atoms with E-state index < -0.39 is 28.5 Å². The number of carbonyl (C=O) groups excluding carboxylic acids is 2. The number of amides is 2. The number of rotatable bonds is 11. The Morgan fingerprint density at radius 3 is 2.29 bits per heavy atom. The molecule has 2 amide bonds. The summed E-state index contributed by atoms with van der Waals surface area (Å²) in [6.07, 6.45) is 4.39. The Balaban J connectivity index is 1.72. The summed E-state index contributed by atoms with van der Waals surface area (Å²) in [6.45, 7) is 5.42. The van der Waals surface area contributed by atoms with E-state index >= 15 is 0 Å². The zero-order chi connectivity index (χ0) is 29.6. The van der Waals surface area contributed by atoms with E-state index in [2.05, 4.69) is 5.32 Å². The molecule has 9 heteroatoms. The van der Waals surface area contributed by atoms with Crippen LogP contribution < -0.4 is 9.62 Å². The van der Waals surface area contributed by atoms with E-state index in [-0.39, 0.29) is 23.4 Å². The van der Waals surface area contributed by atoms with Crippen LogP contribution in [0.5, 0.6) is 0 Å². The van der Waals surface area contributed by atoms with Gasteiger partial charge in [-0.2, -0.15) is 0 Å². The lowest BCUT2D eigenvalue weighted by Gasteiger charge is -2.34. The second-order valence-electron chi connectivity index (χ2n) is 10.7. The molecule has 0 heterocycles. The largest absolute Gasteiger partial charge is 0.352 e.